The van der Waals surface area contributed by atoms with Gasteiger partial charge >= 0.3 is 18.0 Å². The van der Waals surface area contributed by atoms with Gasteiger partial charge in [-0.3, -0.25) is 28.8 Å². The zero-order valence-corrected chi connectivity index (χ0v) is 30.4. The maximum atomic E-state index is 15.2. The molecule has 2 atom stereocenters. The minimum Gasteiger partial charge on any atom is -0.465 e. The molecule has 2 unspecified atom stereocenters. The van der Waals surface area contributed by atoms with Gasteiger partial charge in [-0.05, 0) is 48.3 Å². The number of benzene rings is 2. The number of esters is 1. The van der Waals surface area contributed by atoms with E-state index < -0.39 is 97.0 Å². The topological polar surface area (TPSA) is 189 Å². The molecule has 16 heteroatoms. The molecule has 2 aromatic carbocycles. The van der Waals surface area contributed by atoms with Gasteiger partial charge in [0.1, 0.15) is 19.2 Å². The number of hydrogen-bond donors (Lipinski definition) is 4. The molecule has 14 nitrogen and oxygen atoms in total. The van der Waals surface area contributed by atoms with E-state index in [1.807, 2.05) is 30.3 Å². The Morgan fingerprint density at radius 2 is 1.36 bits per heavy atom. The van der Waals surface area contributed by atoms with Crippen LogP contribution in [-0.4, -0.2) is 96.7 Å². The summed E-state index contributed by atoms with van der Waals surface area (Å²) < 4.78 is 40.3. The Bertz CT molecular complexity index is 1610. The molecule has 5 amide bonds. The first kappa shape index (κ1) is 42.0. The van der Waals surface area contributed by atoms with E-state index in [4.69, 9.17) is 4.74 Å². The zero-order valence-electron chi connectivity index (χ0n) is 30.4. The predicted octanol–water partition coefficient (Wildman–Crippen LogP) is 2.07. The molecular formula is C37H47F2N5O9. The number of ketones is 1. The number of carbonyl (C=O) groups excluding carboxylic acids is 7. The number of alkyl halides is 2. The lowest BCUT2D eigenvalue weighted by Crippen LogP contribution is -2.60. The Morgan fingerprint density at radius 1 is 0.774 bits per heavy atom. The lowest BCUT2D eigenvalue weighted by atomic mass is 9.95. The molecule has 288 valence electrons. The average Bonchev–Trinajstić information content (AvgIpc) is 3.56. The number of nitrogens with one attached hydrogen (secondary N) is 4. The SMILES string of the molecule is CCOC(=O)CNC(=O)CNC(=O)C(F)(F)C(=O)C(NC(=O)CN(C(=O)C(NC(=O)OCc1ccccc1)C(C)C)C1Cc2ccccc2C1)C(C)C. The molecule has 0 spiro atoms. The number of amides is 5. The average molecular weight is 744 g/mol. The molecule has 0 radical (unpaired) electrons. The van der Waals surface area contributed by atoms with Crippen LogP contribution in [0.25, 0.3) is 0 Å². The molecule has 2 aromatic rings. The van der Waals surface area contributed by atoms with Crippen molar-refractivity contribution in [3.63, 3.8) is 0 Å². The molecule has 1 aliphatic rings. The highest BCUT2D eigenvalue weighted by Crippen LogP contribution is 2.27. The molecule has 0 bridgehead atoms. The molecule has 0 fully saturated rings. The molecule has 3 rings (SSSR count). The number of rotatable bonds is 18. The second-order valence-corrected chi connectivity index (χ2v) is 13.2. The van der Waals surface area contributed by atoms with Crippen molar-refractivity contribution in [3.05, 3.63) is 71.3 Å². The Labute approximate surface area is 306 Å². The monoisotopic (exact) mass is 743 g/mol. The minimum absolute atomic E-state index is 0.0499. The van der Waals surface area contributed by atoms with E-state index in [1.165, 1.54) is 18.7 Å². The first-order valence-corrected chi connectivity index (χ1v) is 17.3. The van der Waals surface area contributed by atoms with Gasteiger partial charge in [0.25, 0.3) is 5.91 Å². The summed E-state index contributed by atoms with van der Waals surface area (Å²) in [6.07, 6.45) is -0.116. The zero-order chi connectivity index (χ0) is 39.3. The highest BCUT2D eigenvalue weighted by molar-refractivity contribution is 6.11. The third-order valence-electron chi connectivity index (χ3n) is 8.49. The number of fused-ring (bicyclic) bond motifs is 1. The number of Topliss-reactive ketones (excluding diaryl/α,β-unsaturated/α-hetero) is 1. The third kappa shape index (κ3) is 12.1. The predicted molar refractivity (Wildman–Crippen MR) is 187 cm³/mol. The molecule has 0 saturated heterocycles. The van der Waals surface area contributed by atoms with Crippen molar-refractivity contribution in [2.45, 2.75) is 78.1 Å². The van der Waals surface area contributed by atoms with Crippen molar-refractivity contribution in [3.8, 4) is 0 Å². The molecule has 0 saturated carbocycles. The van der Waals surface area contributed by atoms with Crippen LogP contribution in [0.1, 0.15) is 51.3 Å². The van der Waals surface area contributed by atoms with Crippen LogP contribution in [0.15, 0.2) is 54.6 Å². The fraction of sp³-hybridized carbons (Fsp3) is 0.486. The summed E-state index contributed by atoms with van der Waals surface area (Å²) in [5, 5.41) is 8.64. The molecule has 1 aliphatic carbocycles. The lowest BCUT2D eigenvalue weighted by molar-refractivity contribution is -0.161. The maximum absolute atomic E-state index is 15.2. The highest BCUT2D eigenvalue weighted by atomic mass is 19.3. The van der Waals surface area contributed by atoms with Crippen molar-refractivity contribution in [1.82, 2.24) is 26.2 Å². The summed E-state index contributed by atoms with van der Waals surface area (Å²) in [5.41, 5.74) is 2.62. The first-order valence-electron chi connectivity index (χ1n) is 17.3. The third-order valence-corrected chi connectivity index (χ3v) is 8.49. The van der Waals surface area contributed by atoms with Gasteiger partial charge in [-0.2, -0.15) is 8.78 Å². The summed E-state index contributed by atoms with van der Waals surface area (Å²) >= 11 is 0. The smallest absolute Gasteiger partial charge is 0.408 e. The normalized spacial score (nSPS) is 13.7. The van der Waals surface area contributed by atoms with Crippen LogP contribution in [-0.2, 0) is 57.7 Å². The van der Waals surface area contributed by atoms with Gasteiger partial charge in [0.05, 0.1) is 25.7 Å². The van der Waals surface area contributed by atoms with Gasteiger partial charge < -0.3 is 35.6 Å². The van der Waals surface area contributed by atoms with Gasteiger partial charge in [-0.1, -0.05) is 82.3 Å². The number of hydrogen-bond acceptors (Lipinski definition) is 9. The van der Waals surface area contributed by atoms with Gasteiger partial charge in [-0.15, -0.1) is 0 Å². The van der Waals surface area contributed by atoms with Gasteiger partial charge in [-0.25, -0.2) is 4.79 Å². The number of ether oxygens (including phenoxy) is 2. The van der Waals surface area contributed by atoms with Crippen LogP contribution in [0.2, 0.25) is 0 Å². The van der Waals surface area contributed by atoms with E-state index in [0.29, 0.717) is 12.8 Å². The minimum atomic E-state index is -4.67. The van der Waals surface area contributed by atoms with Crippen LogP contribution in [0.5, 0.6) is 0 Å². The van der Waals surface area contributed by atoms with Crippen molar-refractivity contribution >= 4 is 41.5 Å². The lowest BCUT2D eigenvalue weighted by Gasteiger charge is -2.34. The van der Waals surface area contributed by atoms with Crippen molar-refractivity contribution in [2.24, 2.45) is 11.8 Å². The van der Waals surface area contributed by atoms with Crippen LogP contribution >= 0.6 is 0 Å². The summed E-state index contributed by atoms with van der Waals surface area (Å²) in [7, 11) is 0. The molecule has 53 heavy (non-hydrogen) atoms. The van der Waals surface area contributed by atoms with E-state index in [0.717, 1.165) is 16.7 Å². The van der Waals surface area contributed by atoms with Gasteiger partial charge in [0.15, 0.2) is 0 Å². The number of alkyl carbamates (subject to hydrolysis) is 1. The molecule has 0 aliphatic heterocycles. The maximum Gasteiger partial charge on any atom is 0.408 e. The van der Waals surface area contributed by atoms with E-state index >= 15 is 8.78 Å². The van der Waals surface area contributed by atoms with E-state index in [9.17, 15) is 33.6 Å². The number of carbonyl (C=O) groups is 7. The van der Waals surface area contributed by atoms with E-state index in [1.54, 1.807) is 50.4 Å². The Balaban J connectivity index is 1.74. The van der Waals surface area contributed by atoms with E-state index in [-0.39, 0.29) is 13.2 Å². The Kier molecular flexibility index (Phi) is 15.4. The second-order valence-electron chi connectivity index (χ2n) is 13.2. The fourth-order valence-electron chi connectivity index (χ4n) is 5.66. The van der Waals surface area contributed by atoms with Gasteiger partial charge in [0, 0.05) is 6.04 Å². The summed E-state index contributed by atoms with van der Waals surface area (Å²) in [5.74, 6) is -13.4. The van der Waals surface area contributed by atoms with Crippen LogP contribution < -0.4 is 21.3 Å². The summed E-state index contributed by atoms with van der Waals surface area (Å²) in [6, 6.07) is 12.8. The Hall–Kier alpha value is -5.41. The standard InChI is InChI=1S/C37H47F2N5O9/c1-6-52-30(47)19-40-28(45)18-41-35(50)37(38,39)33(48)31(22(2)3)42-29(46)20-44(27-16-25-14-10-11-15-26(25)17-27)34(49)32(23(4)5)43-36(51)53-21-24-12-8-7-9-13-24/h7-15,22-23,27,31-32H,6,16-21H2,1-5H3,(H,40,45)(H,41,50)(H,42,46)(H,43,51). The number of halogens is 2. The quantitative estimate of drug-likeness (QED) is 0.131. The van der Waals surface area contributed by atoms with Crippen LogP contribution in [0, 0.1) is 11.8 Å². The second kappa shape index (κ2) is 19.4. The molecule has 0 aromatic heterocycles. The van der Waals surface area contributed by atoms with Gasteiger partial charge in [0.2, 0.25) is 23.5 Å². The van der Waals surface area contributed by atoms with Crippen LogP contribution in [0.3, 0.4) is 0 Å². The van der Waals surface area contributed by atoms with Crippen molar-refractivity contribution in [1.29, 1.82) is 0 Å². The summed E-state index contributed by atoms with van der Waals surface area (Å²) in [6.45, 7) is 5.54. The van der Waals surface area contributed by atoms with Crippen molar-refractivity contribution < 1.29 is 51.8 Å². The first-order chi connectivity index (χ1) is 25.0. The van der Waals surface area contributed by atoms with Crippen molar-refractivity contribution in [2.75, 3.05) is 26.2 Å². The highest BCUT2D eigenvalue weighted by Gasteiger charge is 2.51. The molecule has 0 heterocycles. The Morgan fingerprint density at radius 3 is 1.92 bits per heavy atom. The molecule has 4 N–H and O–H groups in total. The van der Waals surface area contributed by atoms with Crippen LogP contribution in [0.4, 0.5) is 13.6 Å². The molecular weight excluding hydrogens is 696 g/mol. The van der Waals surface area contributed by atoms with E-state index in [2.05, 4.69) is 20.7 Å². The number of nitrogens with zero attached hydrogens (tertiary/aromatic N) is 1. The fourth-order valence-corrected chi connectivity index (χ4v) is 5.66. The summed E-state index contributed by atoms with van der Waals surface area (Å²) in [4.78, 5) is 90.7. The largest absolute Gasteiger partial charge is 0.465 e.